The predicted molar refractivity (Wildman–Crippen MR) is 75.3 cm³/mol. The Kier molecular flexibility index (Phi) is 3.81. The van der Waals surface area contributed by atoms with E-state index in [1.165, 1.54) is 6.07 Å². The first-order valence-electron chi connectivity index (χ1n) is 5.77. The molecule has 106 valence electrons. The molecule has 2 aromatic rings. The quantitative estimate of drug-likeness (QED) is 0.767. The molecule has 0 aliphatic carbocycles. The summed E-state index contributed by atoms with van der Waals surface area (Å²) in [5.74, 6) is 0. The molecule has 2 nitrogen and oxygen atoms in total. The Bertz CT molecular complexity index is 639. The Balaban J connectivity index is 2.38. The van der Waals surface area contributed by atoms with Gasteiger partial charge in [0.15, 0.2) is 0 Å². The van der Waals surface area contributed by atoms with Gasteiger partial charge in [-0.1, -0.05) is 11.6 Å². The van der Waals surface area contributed by atoms with Crippen LogP contribution in [0.1, 0.15) is 11.1 Å². The fourth-order valence-electron chi connectivity index (χ4n) is 1.77. The van der Waals surface area contributed by atoms with Crippen molar-refractivity contribution < 1.29 is 13.2 Å². The third-order valence-electron chi connectivity index (χ3n) is 2.81. The highest BCUT2D eigenvalue weighted by atomic mass is 35.5. The number of halogens is 4. The smallest absolute Gasteiger partial charge is 0.399 e. The first-order chi connectivity index (χ1) is 9.27. The van der Waals surface area contributed by atoms with Crippen molar-refractivity contribution in [3.05, 3.63) is 52.5 Å². The zero-order valence-corrected chi connectivity index (χ0v) is 11.3. The molecule has 0 aliphatic rings. The molecule has 0 saturated carbocycles. The van der Waals surface area contributed by atoms with Gasteiger partial charge in [-0.3, -0.25) is 0 Å². The van der Waals surface area contributed by atoms with Crippen molar-refractivity contribution >= 4 is 28.7 Å². The number of anilines is 3. The molecule has 0 aliphatic heterocycles. The average Bonchev–Trinajstić information content (AvgIpc) is 2.33. The van der Waals surface area contributed by atoms with Gasteiger partial charge in [-0.15, -0.1) is 0 Å². The van der Waals surface area contributed by atoms with Crippen LogP contribution in [0.4, 0.5) is 30.2 Å². The first-order valence-corrected chi connectivity index (χ1v) is 6.15. The summed E-state index contributed by atoms with van der Waals surface area (Å²) in [6, 6.07) is 8.24. The molecule has 0 unspecified atom stereocenters. The van der Waals surface area contributed by atoms with Crippen LogP contribution in [0, 0.1) is 6.92 Å². The Morgan fingerprint density at radius 1 is 1.05 bits per heavy atom. The molecule has 2 aromatic carbocycles. The summed E-state index contributed by atoms with van der Waals surface area (Å²) in [6.45, 7) is 1.81. The standard InChI is InChI=1S/C14H12ClF3N2/c1-8-6-10(19)3-5-12(8)20-13-7-9(14(16,17)18)2-4-11(13)15/h2-7,20H,19H2,1H3. The van der Waals surface area contributed by atoms with Gasteiger partial charge in [-0.25, -0.2) is 0 Å². The van der Waals surface area contributed by atoms with Crippen LogP contribution in [-0.4, -0.2) is 0 Å². The maximum Gasteiger partial charge on any atom is 0.416 e. The lowest BCUT2D eigenvalue weighted by molar-refractivity contribution is -0.137. The molecule has 0 saturated heterocycles. The highest BCUT2D eigenvalue weighted by Crippen LogP contribution is 2.35. The van der Waals surface area contributed by atoms with Crippen LogP contribution in [0.5, 0.6) is 0 Å². The lowest BCUT2D eigenvalue weighted by Crippen LogP contribution is -2.05. The Morgan fingerprint density at radius 2 is 1.75 bits per heavy atom. The van der Waals surface area contributed by atoms with E-state index < -0.39 is 11.7 Å². The average molecular weight is 301 g/mol. The summed E-state index contributed by atoms with van der Waals surface area (Å²) < 4.78 is 38.0. The van der Waals surface area contributed by atoms with Gasteiger partial charge in [0.2, 0.25) is 0 Å². The van der Waals surface area contributed by atoms with Gasteiger partial charge in [-0.2, -0.15) is 13.2 Å². The van der Waals surface area contributed by atoms with E-state index in [2.05, 4.69) is 5.32 Å². The summed E-state index contributed by atoms with van der Waals surface area (Å²) in [5.41, 5.74) is 7.14. The monoisotopic (exact) mass is 300 g/mol. The predicted octanol–water partition coefficient (Wildman–Crippen LogP) is 4.99. The SMILES string of the molecule is Cc1cc(N)ccc1Nc1cc(C(F)(F)F)ccc1Cl. The van der Waals surface area contributed by atoms with Crippen molar-refractivity contribution in [2.45, 2.75) is 13.1 Å². The summed E-state index contributed by atoms with van der Waals surface area (Å²) in [4.78, 5) is 0. The number of nitrogen functional groups attached to an aromatic ring is 1. The van der Waals surface area contributed by atoms with Gasteiger partial charge < -0.3 is 11.1 Å². The van der Waals surface area contributed by atoms with Crippen molar-refractivity contribution in [1.29, 1.82) is 0 Å². The first kappa shape index (κ1) is 14.5. The van der Waals surface area contributed by atoms with Gasteiger partial charge >= 0.3 is 6.18 Å². The van der Waals surface area contributed by atoms with Crippen molar-refractivity contribution in [3.8, 4) is 0 Å². The zero-order valence-electron chi connectivity index (χ0n) is 10.6. The summed E-state index contributed by atoms with van der Waals surface area (Å²) in [6.07, 6.45) is -4.41. The maximum atomic E-state index is 12.7. The van der Waals surface area contributed by atoms with Gasteiger partial charge in [0.25, 0.3) is 0 Å². The molecular formula is C14H12ClF3N2. The number of nitrogens with one attached hydrogen (secondary N) is 1. The minimum atomic E-state index is -4.41. The molecule has 0 bridgehead atoms. The maximum absolute atomic E-state index is 12.7. The molecule has 0 amide bonds. The Hall–Kier alpha value is -1.88. The third kappa shape index (κ3) is 3.17. The largest absolute Gasteiger partial charge is 0.416 e. The lowest BCUT2D eigenvalue weighted by atomic mass is 10.1. The number of hydrogen-bond acceptors (Lipinski definition) is 2. The van der Waals surface area contributed by atoms with Gasteiger partial charge in [0, 0.05) is 11.4 Å². The molecule has 0 spiro atoms. The van der Waals surface area contributed by atoms with Gasteiger partial charge in [0.1, 0.15) is 0 Å². The minimum absolute atomic E-state index is 0.203. The third-order valence-corrected chi connectivity index (χ3v) is 3.14. The number of alkyl halides is 3. The highest BCUT2D eigenvalue weighted by molar-refractivity contribution is 6.33. The fourth-order valence-corrected chi connectivity index (χ4v) is 1.93. The number of rotatable bonds is 2. The van der Waals surface area contributed by atoms with E-state index in [1.54, 1.807) is 25.1 Å². The van der Waals surface area contributed by atoms with Crippen LogP contribution in [0.3, 0.4) is 0 Å². The fraction of sp³-hybridized carbons (Fsp3) is 0.143. The summed E-state index contributed by atoms with van der Waals surface area (Å²) >= 11 is 5.93. The second-order valence-electron chi connectivity index (χ2n) is 4.39. The molecule has 0 aromatic heterocycles. The van der Waals surface area contributed by atoms with Crippen molar-refractivity contribution in [2.24, 2.45) is 0 Å². The van der Waals surface area contributed by atoms with Crippen molar-refractivity contribution in [2.75, 3.05) is 11.1 Å². The lowest BCUT2D eigenvalue weighted by Gasteiger charge is -2.14. The van der Waals surface area contributed by atoms with E-state index >= 15 is 0 Å². The van der Waals surface area contributed by atoms with E-state index in [9.17, 15) is 13.2 Å². The van der Waals surface area contributed by atoms with E-state index in [0.717, 1.165) is 17.7 Å². The molecule has 20 heavy (non-hydrogen) atoms. The van der Waals surface area contributed by atoms with E-state index in [4.69, 9.17) is 17.3 Å². The molecular weight excluding hydrogens is 289 g/mol. The molecule has 0 radical (unpaired) electrons. The minimum Gasteiger partial charge on any atom is -0.399 e. The second-order valence-corrected chi connectivity index (χ2v) is 4.80. The number of nitrogens with two attached hydrogens (primary N) is 1. The van der Waals surface area contributed by atoms with Crippen LogP contribution in [0.2, 0.25) is 5.02 Å². The Labute approximate surface area is 119 Å². The zero-order chi connectivity index (χ0) is 14.9. The van der Waals surface area contributed by atoms with Crippen LogP contribution in [0.15, 0.2) is 36.4 Å². The number of benzene rings is 2. The number of aryl methyl sites for hydroxylation is 1. The summed E-state index contributed by atoms with van der Waals surface area (Å²) in [5, 5.41) is 3.11. The van der Waals surface area contributed by atoms with Crippen LogP contribution in [-0.2, 0) is 6.18 Å². The number of hydrogen-bond donors (Lipinski definition) is 2. The van der Waals surface area contributed by atoms with Crippen molar-refractivity contribution in [1.82, 2.24) is 0 Å². The molecule has 0 heterocycles. The molecule has 3 N–H and O–H groups in total. The normalized spacial score (nSPS) is 11.4. The highest BCUT2D eigenvalue weighted by Gasteiger charge is 2.30. The topological polar surface area (TPSA) is 38.0 Å². The summed E-state index contributed by atoms with van der Waals surface area (Å²) in [7, 11) is 0. The van der Waals surface area contributed by atoms with Crippen LogP contribution in [0.25, 0.3) is 0 Å². The van der Waals surface area contributed by atoms with Crippen molar-refractivity contribution in [3.63, 3.8) is 0 Å². The molecule has 2 rings (SSSR count). The van der Waals surface area contributed by atoms with Gasteiger partial charge in [-0.05, 0) is 48.9 Å². The molecule has 6 heteroatoms. The van der Waals surface area contributed by atoms with E-state index in [-0.39, 0.29) is 10.7 Å². The molecule has 0 fully saturated rings. The van der Waals surface area contributed by atoms with E-state index in [0.29, 0.717) is 11.4 Å². The second kappa shape index (κ2) is 5.25. The van der Waals surface area contributed by atoms with Crippen LogP contribution >= 0.6 is 11.6 Å². The van der Waals surface area contributed by atoms with E-state index in [1.807, 2.05) is 0 Å². The Morgan fingerprint density at radius 3 is 2.35 bits per heavy atom. The molecule has 0 atom stereocenters. The van der Waals surface area contributed by atoms with Gasteiger partial charge in [0.05, 0.1) is 16.3 Å². The van der Waals surface area contributed by atoms with Crippen LogP contribution < -0.4 is 11.1 Å².